The van der Waals surface area contributed by atoms with Gasteiger partial charge in [0.05, 0.1) is 5.56 Å². The number of aromatic hydroxyl groups is 1. The van der Waals surface area contributed by atoms with E-state index in [1.54, 1.807) is 0 Å². The van der Waals surface area contributed by atoms with Crippen molar-refractivity contribution in [2.75, 3.05) is 5.73 Å². The van der Waals surface area contributed by atoms with Gasteiger partial charge in [-0.1, -0.05) is 12.1 Å². The number of nitrogens with two attached hydrogens (primary N) is 1. The quantitative estimate of drug-likeness (QED) is 0.762. The predicted octanol–water partition coefficient (Wildman–Crippen LogP) is 3.66. The highest BCUT2D eigenvalue weighted by atomic mass is 19.4. The number of benzene rings is 2. The number of phenols is 1. The topological polar surface area (TPSA) is 46.2 Å². The summed E-state index contributed by atoms with van der Waals surface area (Å²) in [5, 5.41) is 9.68. The second-order valence-corrected chi connectivity index (χ2v) is 3.86. The van der Waals surface area contributed by atoms with Crippen molar-refractivity contribution >= 4 is 5.69 Å². The number of rotatable bonds is 1. The Labute approximate surface area is 101 Å². The van der Waals surface area contributed by atoms with Crippen LogP contribution in [0.2, 0.25) is 0 Å². The number of anilines is 1. The normalized spacial score (nSPS) is 11.5. The van der Waals surface area contributed by atoms with E-state index < -0.39 is 11.7 Å². The maximum Gasteiger partial charge on any atom is 0.416 e. The molecule has 0 saturated heterocycles. The highest BCUT2D eigenvalue weighted by Crippen LogP contribution is 2.35. The Hall–Kier alpha value is -2.17. The van der Waals surface area contributed by atoms with Crippen LogP contribution in [0.4, 0.5) is 18.9 Å². The van der Waals surface area contributed by atoms with Gasteiger partial charge < -0.3 is 10.8 Å². The molecular weight excluding hydrogens is 243 g/mol. The first kappa shape index (κ1) is 12.3. The molecule has 0 aliphatic rings. The molecule has 0 aliphatic heterocycles. The van der Waals surface area contributed by atoms with E-state index in [0.717, 1.165) is 12.1 Å². The van der Waals surface area contributed by atoms with Crippen LogP contribution >= 0.6 is 0 Å². The van der Waals surface area contributed by atoms with Gasteiger partial charge in [0.1, 0.15) is 5.75 Å². The van der Waals surface area contributed by atoms with Gasteiger partial charge in [0.25, 0.3) is 0 Å². The summed E-state index contributed by atoms with van der Waals surface area (Å²) >= 11 is 0. The highest BCUT2D eigenvalue weighted by molar-refractivity contribution is 5.73. The molecular formula is C13H10F3NO. The Morgan fingerprint density at radius 2 is 1.72 bits per heavy atom. The standard InChI is InChI=1S/C13H10F3NO/c14-13(15,16)9-3-1-2-8(6-9)11-5-4-10(17)7-12(11)18/h1-7,18H,17H2. The zero-order valence-electron chi connectivity index (χ0n) is 9.20. The zero-order valence-corrected chi connectivity index (χ0v) is 9.20. The van der Waals surface area contributed by atoms with Crippen LogP contribution < -0.4 is 5.73 Å². The van der Waals surface area contributed by atoms with Gasteiger partial charge in [0.2, 0.25) is 0 Å². The fraction of sp³-hybridized carbons (Fsp3) is 0.0769. The Bertz CT molecular complexity index is 579. The van der Waals surface area contributed by atoms with Gasteiger partial charge in [-0.2, -0.15) is 13.2 Å². The third-order valence-corrected chi connectivity index (χ3v) is 2.52. The molecule has 2 aromatic rings. The molecule has 3 N–H and O–H groups in total. The molecule has 0 aromatic heterocycles. The van der Waals surface area contributed by atoms with Gasteiger partial charge >= 0.3 is 6.18 Å². The number of alkyl halides is 3. The molecule has 2 rings (SSSR count). The van der Waals surface area contributed by atoms with Crippen LogP contribution in [0.15, 0.2) is 42.5 Å². The molecule has 94 valence electrons. The summed E-state index contributed by atoms with van der Waals surface area (Å²) in [6.07, 6.45) is -4.40. The lowest BCUT2D eigenvalue weighted by molar-refractivity contribution is -0.137. The third kappa shape index (κ3) is 2.40. The fourth-order valence-electron chi connectivity index (χ4n) is 1.66. The fourth-order valence-corrected chi connectivity index (χ4v) is 1.66. The number of nitrogen functional groups attached to an aromatic ring is 1. The third-order valence-electron chi connectivity index (χ3n) is 2.52. The van der Waals surface area contributed by atoms with E-state index in [4.69, 9.17) is 5.73 Å². The van der Waals surface area contributed by atoms with E-state index in [0.29, 0.717) is 16.8 Å². The van der Waals surface area contributed by atoms with Gasteiger partial charge in [-0.3, -0.25) is 0 Å². The van der Waals surface area contributed by atoms with Crippen molar-refractivity contribution in [3.8, 4) is 16.9 Å². The summed E-state index contributed by atoms with van der Waals surface area (Å²) in [5.74, 6) is -0.144. The van der Waals surface area contributed by atoms with Crippen LogP contribution in [-0.4, -0.2) is 5.11 Å². The summed E-state index contributed by atoms with van der Waals surface area (Å²) in [6.45, 7) is 0. The van der Waals surface area contributed by atoms with Gasteiger partial charge in [-0.05, 0) is 29.8 Å². The first-order valence-corrected chi connectivity index (χ1v) is 5.14. The van der Waals surface area contributed by atoms with Crippen molar-refractivity contribution in [3.63, 3.8) is 0 Å². The largest absolute Gasteiger partial charge is 0.507 e. The van der Waals surface area contributed by atoms with E-state index >= 15 is 0 Å². The molecule has 0 radical (unpaired) electrons. The van der Waals surface area contributed by atoms with Crippen molar-refractivity contribution in [2.45, 2.75) is 6.18 Å². The lowest BCUT2D eigenvalue weighted by Crippen LogP contribution is -2.04. The van der Waals surface area contributed by atoms with Gasteiger partial charge in [0, 0.05) is 17.3 Å². The van der Waals surface area contributed by atoms with E-state index in [9.17, 15) is 18.3 Å². The van der Waals surface area contributed by atoms with Crippen LogP contribution in [0.1, 0.15) is 5.56 Å². The summed E-state index contributed by atoms with van der Waals surface area (Å²) in [5.41, 5.74) is 5.67. The summed E-state index contributed by atoms with van der Waals surface area (Å²) in [7, 11) is 0. The van der Waals surface area contributed by atoms with E-state index in [-0.39, 0.29) is 5.75 Å². The van der Waals surface area contributed by atoms with Gasteiger partial charge in [-0.25, -0.2) is 0 Å². The zero-order chi connectivity index (χ0) is 13.3. The SMILES string of the molecule is Nc1ccc(-c2cccc(C(F)(F)F)c2)c(O)c1. The number of hydrogen-bond acceptors (Lipinski definition) is 2. The lowest BCUT2D eigenvalue weighted by atomic mass is 10.0. The second kappa shape index (κ2) is 4.25. The molecule has 0 heterocycles. The molecule has 0 unspecified atom stereocenters. The molecule has 0 saturated carbocycles. The van der Waals surface area contributed by atoms with Crippen LogP contribution in [0.25, 0.3) is 11.1 Å². The highest BCUT2D eigenvalue weighted by Gasteiger charge is 2.30. The van der Waals surface area contributed by atoms with Crippen molar-refractivity contribution in [2.24, 2.45) is 0 Å². The Kier molecular flexibility index (Phi) is 2.90. The Morgan fingerprint density at radius 3 is 2.33 bits per heavy atom. The van der Waals surface area contributed by atoms with Crippen molar-refractivity contribution < 1.29 is 18.3 Å². The Morgan fingerprint density at radius 1 is 1.00 bits per heavy atom. The summed E-state index contributed by atoms with van der Waals surface area (Å²) in [4.78, 5) is 0. The van der Waals surface area contributed by atoms with Crippen molar-refractivity contribution in [3.05, 3.63) is 48.0 Å². The van der Waals surface area contributed by atoms with Crippen LogP contribution in [0.5, 0.6) is 5.75 Å². The number of phenolic OH excluding ortho intramolecular Hbond substituents is 1. The molecule has 2 aromatic carbocycles. The minimum absolute atomic E-state index is 0.144. The van der Waals surface area contributed by atoms with Crippen molar-refractivity contribution in [1.29, 1.82) is 0 Å². The molecule has 18 heavy (non-hydrogen) atoms. The van der Waals surface area contributed by atoms with Crippen LogP contribution in [0.3, 0.4) is 0 Å². The molecule has 0 atom stereocenters. The van der Waals surface area contributed by atoms with Crippen LogP contribution in [0, 0.1) is 0 Å². The maximum atomic E-state index is 12.6. The average Bonchev–Trinajstić information content (AvgIpc) is 2.28. The first-order valence-electron chi connectivity index (χ1n) is 5.14. The monoisotopic (exact) mass is 253 g/mol. The van der Waals surface area contributed by atoms with Crippen molar-refractivity contribution in [1.82, 2.24) is 0 Å². The lowest BCUT2D eigenvalue weighted by Gasteiger charge is -2.10. The average molecular weight is 253 g/mol. The molecule has 5 heteroatoms. The molecule has 0 bridgehead atoms. The summed E-state index contributed by atoms with van der Waals surface area (Å²) < 4.78 is 37.7. The molecule has 0 amide bonds. The van der Waals surface area contributed by atoms with E-state index in [2.05, 4.69) is 0 Å². The molecule has 0 aliphatic carbocycles. The molecule has 0 fully saturated rings. The smallest absolute Gasteiger partial charge is 0.416 e. The number of halogens is 3. The van der Waals surface area contributed by atoms with Gasteiger partial charge in [-0.15, -0.1) is 0 Å². The molecule has 0 spiro atoms. The van der Waals surface area contributed by atoms with E-state index in [1.807, 2.05) is 0 Å². The first-order chi connectivity index (χ1) is 8.38. The maximum absolute atomic E-state index is 12.6. The summed E-state index contributed by atoms with van der Waals surface area (Å²) in [6, 6.07) is 9.09. The molecule has 2 nitrogen and oxygen atoms in total. The number of hydrogen-bond donors (Lipinski definition) is 2. The Balaban J connectivity index is 2.51. The van der Waals surface area contributed by atoms with Crippen LogP contribution in [-0.2, 0) is 6.18 Å². The minimum atomic E-state index is -4.40. The predicted molar refractivity (Wildman–Crippen MR) is 63.0 cm³/mol. The van der Waals surface area contributed by atoms with Gasteiger partial charge in [0.15, 0.2) is 0 Å². The van der Waals surface area contributed by atoms with E-state index in [1.165, 1.54) is 30.3 Å². The minimum Gasteiger partial charge on any atom is -0.507 e. The second-order valence-electron chi connectivity index (χ2n) is 3.86.